The second-order valence-corrected chi connectivity index (χ2v) is 4.67. The normalized spacial score (nSPS) is 10.6. The van der Waals surface area contributed by atoms with Gasteiger partial charge in [0.2, 0.25) is 0 Å². The summed E-state index contributed by atoms with van der Waals surface area (Å²) < 4.78 is 19.1. The molecule has 0 aliphatic heterocycles. The van der Waals surface area contributed by atoms with Crippen molar-refractivity contribution in [3.8, 4) is 5.75 Å². The van der Waals surface area contributed by atoms with Crippen LogP contribution in [0.1, 0.15) is 15.9 Å². The summed E-state index contributed by atoms with van der Waals surface area (Å²) in [7, 11) is 1.52. The Labute approximate surface area is 121 Å². The van der Waals surface area contributed by atoms with E-state index in [1.54, 1.807) is 48.5 Å². The minimum Gasteiger partial charge on any atom is -0.496 e. The Balaban J connectivity index is 2.21. The molecule has 0 aliphatic rings. The first-order valence-electron chi connectivity index (χ1n) is 6.57. The van der Waals surface area contributed by atoms with Gasteiger partial charge in [-0.2, -0.15) is 0 Å². The van der Waals surface area contributed by atoms with Gasteiger partial charge in [-0.3, -0.25) is 4.79 Å². The predicted molar refractivity (Wildman–Crippen MR) is 80.3 cm³/mol. The Morgan fingerprint density at radius 2 is 1.52 bits per heavy atom. The van der Waals surface area contributed by atoms with Crippen LogP contribution < -0.4 is 4.74 Å². The zero-order chi connectivity index (χ0) is 14.8. The van der Waals surface area contributed by atoms with Gasteiger partial charge >= 0.3 is 0 Å². The molecule has 0 saturated heterocycles. The van der Waals surface area contributed by atoms with Crippen molar-refractivity contribution in [3.63, 3.8) is 0 Å². The van der Waals surface area contributed by atoms with E-state index in [4.69, 9.17) is 4.74 Å². The van der Waals surface area contributed by atoms with Gasteiger partial charge in [0, 0.05) is 10.9 Å². The van der Waals surface area contributed by atoms with Crippen molar-refractivity contribution in [2.45, 2.75) is 0 Å². The van der Waals surface area contributed by atoms with E-state index < -0.39 is 0 Å². The number of ketones is 1. The summed E-state index contributed by atoms with van der Waals surface area (Å²) in [6, 6.07) is 16.8. The van der Waals surface area contributed by atoms with Crippen molar-refractivity contribution < 1.29 is 13.9 Å². The number of carbonyl (C=O) groups is 1. The van der Waals surface area contributed by atoms with Gasteiger partial charge < -0.3 is 4.74 Å². The van der Waals surface area contributed by atoms with Gasteiger partial charge in [0.1, 0.15) is 11.6 Å². The number of hydrogen-bond acceptors (Lipinski definition) is 2. The number of methoxy groups -OCH3 is 1. The van der Waals surface area contributed by atoms with Gasteiger partial charge in [0.05, 0.1) is 12.7 Å². The van der Waals surface area contributed by atoms with E-state index in [0.29, 0.717) is 27.6 Å². The molecule has 0 aromatic heterocycles. The molecule has 3 rings (SSSR count). The van der Waals surface area contributed by atoms with E-state index in [2.05, 4.69) is 0 Å². The maximum atomic E-state index is 13.8. The Morgan fingerprint density at radius 1 is 0.857 bits per heavy atom. The first kappa shape index (κ1) is 13.3. The molecule has 3 heteroatoms. The fourth-order valence-corrected chi connectivity index (χ4v) is 2.44. The lowest BCUT2D eigenvalue weighted by atomic mass is 9.96. The number of para-hydroxylation sites is 1. The van der Waals surface area contributed by atoms with Crippen molar-refractivity contribution in [3.05, 3.63) is 77.6 Å². The van der Waals surface area contributed by atoms with Gasteiger partial charge in [-0.15, -0.1) is 0 Å². The third kappa shape index (κ3) is 2.27. The van der Waals surface area contributed by atoms with Crippen LogP contribution >= 0.6 is 0 Å². The number of benzene rings is 3. The Hall–Kier alpha value is -2.68. The Bertz CT molecular complexity index is 824. The fourth-order valence-electron chi connectivity index (χ4n) is 2.44. The van der Waals surface area contributed by atoms with Gasteiger partial charge in [-0.1, -0.05) is 36.4 Å². The monoisotopic (exact) mass is 280 g/mol. The Morgan fingerprint density at radius 3 is 2.29 bits per heavy atom. The largest absolute Gasteiger partial charge is 0.496 e. The minimum atomic E-state index is -0.331. The molecular formula is C18H13FO2. The lowest BCUT2D eigenvalue weighted by Crippen LogP contribution is -2.05. The third-order valence-electron chi connectivity index (χ3n) is 3.47. The molecule has 0 spiro atoms. The lowest BCUT2D eigenvalue weighted by molar-refractivity contribution is 0.103. The molecule has 0 bridgehead atoms. The summed E-state index contributed by atoms with van der Waals surface area (Å²) in [5.74, 6) is 0.00160. The van der Waals surface area contributed by atoms with E-state index >= 15 is 0 Å². The lowest BCUT2D eigenvalue weighted by Gasteiger charge is -2.10. The number of hydrogen-bond donors (Lipinski definition) is 0. The molecule has 0 saturated carbocycles. The molecule has 0 atom stereocenters. The van der Waals surface area contributed by atoms with Crippen molar-refractivity contribution in [1.29, 1.82) is 0 Å². The second kappa shape index (κ2) is 5.37. The third-order valence-corrected chi connectivity index (χ3v) is 3.47. The molecular weight excluding hydrogens is 267 g/mol. The van der Waals surface area contributed by atoms with Crippen molar-refractivity contribution in [2.24, 2.45) is 0 Å². The minimum absolute atomic E-state index is 0.177. The topological polar surface area (TPSA) is 26.3 Å². The first-order chi connectivity index (χ1) is 10.2. The molecule has 0 heterocycles. The highest BCUT2D eigenvalue weighted by molar-refractivity contribution is 6.17. The molecule has 21 heavy (non-hydrogen) atoms. The second-order valence-electron chi connectivity index (χ2n) is 4.67. The van der Waals surface area contributed by atoms with Crippen LogP contribution in [0, 0.1) is 5.82 Å². The van der Waals surface area contributed by atoms with Crippen molar-refractivity contribution >= 4 is 16.6 Å². The molecule has 3 aromatic carbocycles. The molecule has 0 unspecified atom stereocenters. The van der Waals surface area contributed by atoms with Crippen LogP contribution in [0.15, 0.2) is 60.7 Å². The molecule has 0 amide bonds. The van der Waals surface area contributed by atoms with E-state index in [-0.39, 0.29) is 11.6 Å². The number of fused-ring (bicyclic) bond motifs is 1. The predicted octanol–water partition coefficient (Wildman–Crippen LogP) is 4.22. The molecule has 0 radical (unpaired) electrons. The van der Waals surface area contributed by atoms with Crippen molar-refractivity contribution in [1.82, 2.24) is 0 Å². The quantitative estimate of drug-likeness (QED) is 0.671. The average molecular weight is 280 g/mol. The number of rotatable bonds is 3. The maximum absolute atomic E-state index is 13.8. The molecule has 104 valence electrons. The van der Waals surface area contributed by atoms with Crippen molar-refractivity contribution in [2.75, 3.05) is 7.11 Å². The number of halogens is 1. The highest BCUT2D eigenvalue weighted by Gasteiger charge is 2.17. The van der Waals surface area contributed by atoms with Crippen LogP contribution in [0.3, 0.4) is 0 Å². The number of carbonyl (C=O) groups excluding carboxylic acids is 1. The standard InChI is InChI=1S/C18H13FO2/c1-21-17-9-5-4-8-15(17)18(20)14-10-11-16(19)13-7-3-2-6-12(13)14/h2-11H,1H3. The highest BCUT2D eigenvalue weighted by atomic mass is 19.1. The van der Waals surface area contributed by atoms with Gasteiger partial charge in [0.25, 0.3) is 0 Å². The van der Waals surface area contributed by atoms with E-state index in [9.17, 15) is 9.18 Å². The zero-order valence-corrected chi connectivity index (χ0v) is 11.5. The highest BCUT2D eigenvalue weighted by Crippen LogP contribution is 2.27. The summed E-state index contributed by atoms with van der Waals surface area (Å²) >= 11 is 0. The van der Waals surface area contributed by atoms with Gasteiger partial charge in [-0.05, 0) is 29.7 Å². The SMILES string of the molecule is COc1ccccc1C(=O)c1ccc(F)c2ccccc12. The average Bonchev–Trinajstić information content (AvgIpc) is 2.55. The molecule has 3 aromatic rings. The maximum Gasteiger partial charge on any atom is 0.197 e. The molecule has 0 fully saturated rings. The van der Waals surface area contributed by atoms with Crippen LogP contribution in [0.5, 0.6) is 5.75 Å². The van der Waals surface area contributed by atoms with Crippen LogP contribution in [0.25, 0.3) is 10.8 Å². The number of ether oxygens (including phenoxy) is 1. The molecule has 0 N–H and O–H groups in total. The molecule has 2 nitrogen and oxygen atoms in total. The van der Waals surface area contributed by atoms with Gasteiger partial charge in [0.15, 0.2) is 5.78 Å². The van der Waals surface area contributed by atoms with Gasteiger partial charge in [-0.25, -0.2) is 4.39 Å². The Kier molecular flexibility index (Phi) is 3.40. The summed E-state index contributed by atoms with van der Waals surface area (Å²) in [4.78, 5) is 12.7. The van der Waals surface area contributed by atoms with Crippen LogP contribution in [-0.2, 0) is 0 Å². The van der Waals surface area contributed by atoms with Crippen LogP contribution in [0.4, 0.5) is 4.39 Å². The first-order valence-corrected chi connectivity index (χ1v) is 6.57. The summed E-state index contributed by atoms with van der Waals surface area (Å²) in [5.41, 5.74) is 0.938. The summed E-state index contributed by atoms with van der Waals surface area (Å²) in [5, 5.41) is 1.05. The molecule has 0 aliphatic carbocycles. The van der Waals surface area contributed by atoms with E-state index in [1.165, 1.54) is 19.2 Å². The zero-order valence-electron chi connectivity index (χ0n) is 11.5. The smallest absolute Gasteiger partial charge is 0.197 e. The van der Waals surface area contributed by atoms with Crippen LogP contribution in [0.2, 0.25) is 0 Å². The fraction of sp³-hybridized carbons (Fsp3) is 0.0556. The summed E-state index contributed by atoms with van der Waals surface area (Å²) in [6.07, 6.45) is 0. The van der Waals surface area contributed by atoms with E-state index in [0.717, 1.165) is 0 Å². The van der Waals surface area contributed by atoms with Crippen LogP contribution in [-0.4, -0.2) is 12.9 Å². The van der Waals surface area contributed by atoms with E-state index in [1.807, 2.05) is 0 Å². The summed E-state index contributed by atoms with van der Waals surface area (Å²) in [6.45, 7) is 0.